The van der Waals surface area contributed by atoms with Crippen molar-refractivity contribution in [3.63, 3.8) is 0 Å². The number of nitrogens with zero attached hydrogens (tertiary/aromatic N) is 5. The van der Waals surface area contributed by atoms with Crippen LogP contribution in [0, 0.1) is 0 Å². The largest absolute Gasteiger partial charge is 0.352 e. The summed E-state index contributed by atoms with van der Waals surface area (Å²) in [5, 5.41) is 8.71. The van der Waals surface area contributed by atoms with Gasteiger partial charge in [0.2, 0.25) is 5.95 Å². The van der Waals surface area contributed by atoms with Crippen LogP contribution >= 0.6 is 0 Å². The Hall–Kier alpha value is -2.96. The van der Waals surface area contributed by atoms with Crippen LogP contribution in [-0.4, -0.2) is 35.6 Å². The summed E-state index contributed by atoms with van der Waals surface area (Å²) in [6.07, 6.45) is 11.2. The summed E-state index contributed by atoms with van der Waals surface area (Å²) in [7, 11) is 0. The highest BCUT2D eigenvalue weighted by atomic mass is 15.2. The van der Waals surface area contributed by atoms with Gasteiger partial charge in [-0.1, -0.05) is 6.92 Å². The maximum absolute atomic E-state index is 4.88. The summed E-state index contributed by atoms with van der Waals surface area (Å²) >= 11 is 0. The van der Waals surface area contributed by atoms with Crippen LogP contribution in [0.4, 0.5) is 5.95 Å². The highest BCUT2D eigenvalue weighted by molar-refractivity contribution is 5.92. The fourth-order valence-electron chi connectivity index (χ4n) is 3.23. The first-order valence-electron chi connectivity index (χ1n) is 9.18. The van der Waals surface area contributed by atoms with Gasteiger partial charge < -0.3 is 10.3 Å². The topological polar surface area (TPSA) is 83.8 Å². The van der Waals surface area contributed by atoms with E-state index >= 15 is 0 Å². The molecule has 1 aliphatic carbocycles. The van der Waals surface area contributed by atoms with Gasteiger partial charge in [0.25, 0.3) is 0 Å². The van der Waals surface area contributed by atoms with Crippen LogP contribution in [0.1, 0.15) is 44.6 Å². The minimum absolute atomic E-state index is 0.341. The first-order chi connectivity index (χ1) is 12.7. The molecule has 4 aromatic rings. The number of hydrogen-bond acceptors (Lipinski definition) is 5. The Kier molecular flexibility index (Phi) is 3.41. The number of nitrogens with one attached hydrogen (secondary N) is 2. The van der Waals surface area contributed by atoms with E-state index < -0.39 is 0 Å². The molecule has 0 radical (unpaired) electrons. The second kappa shape index (κ2) is 5.79. The highest BCUT2D eigenvalue weighted by Gasteiger charge is 2.27. The van der Waals surface area contributed by atoms with Crippen LogP contribution in [0.15, 0.2) is 30.9 Å². The number of hydrogen-bond donors (Lipinski definition) is 2. The molecule has 7 heteroatoms. The molecule has 132 valence electrons. The van der Waals surface area contributed by atoms with E-state index in [1.807, 2.05) is 35.4 Å². The lowest BCUT2D eigenvalue weighted by molar-refractivity contribution is 0.754. The van der Waals surface area contributed by atoms with Crippen molar-refractivity contribution in [1.82, 2.24) is 29.5 Å². The van der Waals surface area contributed by atoms with Crippen LogP contribution in [-0.2, 0) is 0 Å². The van der Waals surface area contributed by atoms with E-state index in [4.69, 9.17) is 4.98 Å². The molecule has 7 nitrogen and oxygen atoms in total. The van der Waals surface area contributed by atoms with Crippen molar-refractivity contribution in [2.24, 2.45) is 0 Å². The molecule has 26 heavy (non-hydrogen) atoms. The maximum atomic E-state index is 4.88. The predicted molar refractivity (Wildman–Crippen MR) is 101 cm³/mol. The minimum Gasteiger partial charge on any atom is -0.352 e. The van der Waals surface area contributed by atoms with E-state index in [1.54, 1.807) is 0 Å². The molecule has 1 atom stereocenters. The molecule has 5 rings (SSSR count). The molecule has 0 saturated heterocycles. The number of H-pyrrole nitrogens is 1. The van der Waals surface area contributed by atoms with Gasteiger partial charge in [0, 0.05) is 41.1 Å². The van der Waals surface area contributed by atoms with E-state index in [0.29, 0.717) is 17.9 Å². The molecule has 0 bridgehead atoms. The molecular weight excluding hydrogens is 326 g/mol. The molecule has 4 heterocycles. The Morgan fingerprint density at radius 3 is 3.00 bits per heavy atom. The normalized spacial score (nSPS) is 15.6. The third kappa shape index (κ3) is 2.51. The average Bonchev–Trinajstić information content (AvgIpc) is 3.28. The van der Waals surface area contributed by atoms with E-state index in [0.717, 1.165) is 34.4 Å². The van der Waals surface area contributed by atoms with Gasteiger partial charge in [0.1, 0.15) is 5.65 Å². The zero-order valence-corrected chi connectivity index (χ0v) is 14.9. The van der Waals surface area contributed by atoms with Gasteiger partial charge in [0.05, 0.1) is 11.9 Å². The molecule has 4 aromatic heterocycles. The highest BCUT2D eigenvalue weighted by Crippen LogP contribution is 2.41. The molecule has 1 saturated carbocycles. The maximum Gasteiger partial charge on any atom is 0.224 e. The lowest BCUT2D eigenvalue weighted by atomic mass is 10.1. The average molecular weight is 347 g/mol. The van der Waals surface area contributed by atoms with Crippen molar-refractivity contribution >= 4 is 22.6 Å². The lowest BCUT2D eigenvalue weighted by Gasteiger charge is -2.10. The third-order valence-electron chi connectivity index (χ3n) is 5.11. The molecular formula is C19H21N7. The Bertz CT molecular complexity index is 1090. The quantitative estimate of drug-likeness (QED) is 0.574. The SMILES string of the molecule is CCC(C)Nc1ncc2c(-c3ccn4ncc(C5CC5)c4n3)c[nH]c2n1. The van der Waals surface area contributed by atoms with Gasteiger partial charge in [-0.2, -0.15) is 10.1 Å². The number of fused-ring (bicyclic) bond motifs is 2. The zero-order valence-electron chi connectivity index (χ0n) is 14.9. The van der Waals surface area contributed by atoms with Crippen molar-refractivity contribution in [2.45, 2.75) is 45.1 Å². The summed E-state index contributed by atoms with van der Waals surface area (Å²) in [5.41, 5.74) is 4.95. The molecule has 0 aliphatic heterocycles. The number of rotatable bonds is 5. The smallest absolute Gasteiger partial charge is 0.224 e. The van der Waals surface area contributed by atoms with Gasteiger partial charge in [-0.05, 0) is 38.2 Å². The monoisotopic (exact) mass is 347 g/mol. The van der Waals surface area contributed by atoms with Gasteiger partial charge >= 0.3 is 0 Å². The van der Waals surface area contributed by atoms with Crippen LogP contribution in [0.3, 0.4) is 0 Å². The predicted octanol–water partition coefficient (Wildman–Crippen LogP) is 3.76. The van der Waals surface area contributed by atoms with Crippen molar-refractivity contribution in [3.8, 4) is 11.3 Å². The second-order valence-corrected chi connectivity index (χ2v) is 7.07. The molecule has 1 aliphatic rings. The van der Waals surface area contributed by atoms with Gasteiger partial charge in [-0.15, -0.1) is 0 Å². The Balaban J connectivity index is 1.56. The van der Waals surface area contributed by atoms with E-state index in [-0.39, 0.29) is 0 Å². The van der Waals surface area contributed by atoms with Crippen LogP contribution in [0.2, 0.25) is 0 Å². The Morgan fingerprint density at radius 2 is 2.19 bits per heavy atom. The number of aromatic nitrogens is 6. The number of anilines is 1. The standard InChI is InChI=1S/C19H21N7/c1-3-11(2)23-19-21-9-15-14(8-20-17(15)25-19)16-6-7-26-18(24-16)13(10-22-26)12-4-5-12/h6-12H,3-5H2,1-2H3,(H2,20,21,23,25). The van der Waals surface area contributed by atoms with E-state index in [9.17, 15) is 0 Å². The summed E-state index contributed by atoms with van der Waals surface area (Å²) in [6, 6.07) is 2.33. The molecule has 1 unspecified atom stereocenters. The van der Waals surface area contributed by atoms with Crippen LogP contribution < -0.4 is 5.32 Å². The zero-order chi connectivity index (χ0) is 17.7. The van der Waals surface area contributed by atoms with Gasteiger partial charge in [-0.3, -0.25) is 0 Å². The first-order valence-corrected chi connectivity index (χ1v) is 9.18. The Labute approximate surface area is 150 Å². The Morgan fingerprint density at radius 1 is 1.31 bits per heavy atom. The van der Waals surface area contributed by atoms with Crippen molar-refractivity contribution in [3.05, 3.63) is 36.4 Å². The third-order valence-corrected chi connectivity index (χ3v) is 5.11. The lowest BCUT2D eigenvalue weighted by Crippen LogP contribution is -2.15. The molecule has 0 spiro atoms. The fraction of sp³-hybridized carbons (Fsp3) is 0.368. The minimum atomic E-state index is 0.341. The summed E-state index contributed by atoms with van der Waals surface area (Å²) in [6.45, 7) is 4.26. The van der Waals surface area contributed by atoms with Crippen molar-refractivity contribution in [2.75, 3.05) is 5.32 Å². The molecule has 2 N–H and O–H groups in total. The molecule has 0 aromatic carbocycles. The summed E-state index contributed by atoms with van der Waals surface area (Å²) in [5.74, 6) is 1.27. The number of aromatic amines is 1. The van der Waals surface area contributed by atoms with E-state index in [2.05, 4.69) is 39.2 Å². The summed E-state index contributed by atoms with van der Waals surface area (Å²) in [4.78, 5) is 17.2. The first kappa shape index (κ1) is 15.3. The fourth-order valence-corrected chi connectivity index (χ4v) is 3.23. The molecule has 1 fully saturated rings. The van der Waals surface area contributed by atoms with Crippen molar-refractivity contribution in [1.29, 1.82) is 0 Å². The van der Waals surface area contributed by atoms with Crippen molar-refractivity contribution < 1.29 is 0 Å². The van der Waals surface area contributed by atoms with Crippen LogP contribution in [0.25, 0.3) is 27.9 Å². The van der Waals surface area contributed by atoms with Crippen LogP contribution in [0.5, 0.6) is 0 Å². The van der Waals surface area contributed by atoms with Gasteiger partial charge in [-0.25, -0.2) is 14.5 Å². The summed E-state index contributed by atoms with van der Waals surface area (Å²) < 4.78 is 1.86. The van der Waals surface area contributed by atoms with Gasteiger partial charge in [0.15, 0.2) is 5.65 Å². The second-order valence-electron chi connectivity index (χ2n) is 7.07. The molecule has 0 amide bonds. The van der Waals surface area contributed by atoms with E-state index in [1.165, 1.54) is 18.4 Å².